The van der Waals surface area contributed by atoms with Crippen LogP contribution in [0.2, 0.25) is 0 Å². The second-order valence-corrected chi connectivity index (χ2v) is 5.10. The standard InChI is InChI=1S/C14H25N5O.HI/c1-12-16-5-7-19(12)8-6-17-14(15-2)18-11-13-3-9-20-10-4-13;/h5,7,13H,3-4,6,8-11H2,1-2H3,(H2,15,17,18);1H. The van der Waals surface area contributed by atoms with Crippen molar-refractivity contribution in [3.05, 3.63) is 18.2 Å². The fraction of sp³-hybridized carbons (Fsp3) is 0.714. The van der Waals surface area contributed by atoms with E-state index in [4.69, 9.17) is 4.74 Å². The number of ether oxygens (including phenoxy) is 1. The molecule has 0 saturated carbocycles. The van der Waals surface area contributed by atoms with E-state index in [2.05, 4.69) is 25.2 Å². The zero-order valence-corrected chi connectivity index (χ0v) is 15.2. The average molecular weight is 407 g/mol. The Bertz CT molecular complexity index is 429. The highest BCUT2D eigenvalue weighted by molar-refractivity contribution is 14.0. The molecule has 2 N–H and O–H groups in total. The predicted molar refractivity (Wildman–Crippen MR) is 95.3 cm³/mol. The van der Waals surface area contributed by atoms with Crippen LogP contribution >= 0.6 is 24.0 Å². The van der Waals surface area contributed by atoms with Gasteiger partial charge in [-0.1, -0.05) is 0 Å². The van der Waals surface area contributed by atoms with Crippen LogP contribution in [0.4, 0.5) is 0 Å². The van der Waals surface area contributed by atoms with Crippen LogP contribution in [0.15, 0.2) is 17.4 Å². The molecular weight excluding hydrogens is 381 g/mol. The maximum Gasteiger partial charge on any atom is 0.191 e. The maximum atomic E-state index is 5.37. The van der Waals surface area contributed by atoms with Gasteiger partial charge in [-0.2, -0.15) is 0 Å². The number of hydrogen-bond donors (Lipinski definition) is 2. The molecule has 7 heteroatoms. The second-order valence-electron chi connectivity index (χ2n) is 5.10. The highest BCUT2D eigenvalue weighted by Crippen LogP contribution is 2.12. The second kappa shape index (κ2) is 9.99. The summed E-state index contributed by atoms with van der Waals surface area (Å²) in [6, 6.07) is 0. The summed E-state index contributed by atoms with van der Waals surface area (Å²) in [6.07, 6.45) is 6.10. The van der Waals surface area contributed by atoms with Crippen LogP contribution in [0.3, 0.4) is 0 Å². The first-order valence-corrected chi connectivity index (χ1v) is 7.29. The SMILES string of the molecule is CN=C(NCCn1ccnc1C)NCC1CCOCC1.I. The van der Waals surface area contributed by atoms with E-state index in [0.717, 1.165) is 57.5 Å². The molecule has 1 aliphatic heterocycles. The third kappa shape index (κ3) is 6.21. The van der Waals surface area contributed by atoms with Gasteiger partial charge in [0.25, 0.3) is 0 Å². The Kier molecular flexibility index (Phi) is 8.67. The molecule has 1 aliphatic rings. The first-order chi connectivity index (χ1) is 9.79. The normalized spacial score (nSPS) is 16.4. The van der Waals surface area contributed by atoms with Gasteiger partial charge in [0.1, 0.15) is 5.82 Å². The highest BCUT2D eigenvalue weighted by Gasteiger charge is 2.13. The van der Waals surface area contributed by atoms with E-state index >= 15 is 0 Å². The number of guanidine groups is 1. The van der Waals surface area contributed by atoms with Gasteiger partial charge in [-0.25, -0.2) is 4.98 Å². The molecule has 0 radical (unpaired) electrons. The molecule has 0 aliphatic carbocycles. The van der Waals surface area contributed by atoms with E-state index in [9.17, 15) is 0 Å². The molecule has 0 unspecified atom stereocenters. The van der Waals surface area contributed by atoms with Gasteiger partial charge in [0.05, 0.1) is 0 Å². The van der Waals surface area contributed by atoms with Crippen molar-refractivity contribution in [3.63, 3.8) is 0 Å². The Hall–Kier alpha value is -0.830. The summed E-state index contributed by atoms with van der Waals surface area (Å²) >= 11 is 0. The first kappa shape index (κ1) is 18.2. The summed E-state index contributed by atoms with van der Waals surface area (Å²) in [4.78, 5) is 8.46. The Balaban J connectivity index is 0.00000220. The molecule has 0 atom stereocenters. The summed E-state index contributed by atoms with van der Waals surface area (Å²) < 4.78 is 7.49. The van der Waals surface area contributed by atoms with E-state index in [-0.39, 0.29) is 24.0 Å². The fourth-order valence-electron chi connectivity index (χ4n) is 2.35. The summed E-state index contributed by atoms with van der Waals surface area (Å²) in [7, 11) is 1.81. The van der Waals surface area contributed by atoms with Crippen LogP contribution in [0.1, 0.15) is 18.7 Å². The highest BCUT2D eigenvalue weighted by atomic mass is 127. The molecule has 1 fully saturated rings. The zero-order chi connectivity index (χ0) is 14.2. The van der Waals surface area contributed by atoms with Crippen molar-refractivity contribution in [1.82, 2.24) is 20.2 Å². The number of aryl methyl sites for hydroxylation is 1. The van der Waals surface area contributed by atoms with Crippen LogP contribution in [-0.4, -0.2) is 48.9 Å². The molecule has 0 amide bonds. The summed E-state index contributed by atoms with van der Waals surface area (Å²) in [5, 5.41) is 6.73. The van der Waals surface area contributed by atoms with Crippen molar-refractivity contribution in [2.24, 2.45) is 10.9 Å². The quantitative estimate of drug-likeness (QED) is 0.440. The van der Waals surface area contributed by atoms with E-state index in [1.165, 1.54) is 0 Å². The molecule has 1 saturated heterocycles. The molecular formula is C14H26IN5O. The van der Waals surface area contributed by atoms with E-state index < -0.39 is 0 Å². The van der Waals surface area contributed by atoms with Gasteiger partial charge in [0.2, 0.25) is 0 Å². The Morgan fingerprint density at radius 2 is 2.19 bits per heavy atom. The van der Waals surface area contributed by atoms with Crippen LogP contribution in [0.25, 0.3) is 0 Å². The molecule has 21 heavy (non-hydrogen) atoms. The number of hydrogen-bond acceptors (Lipinski definition) is 3. The lowest BCUT2D eigenvalue weighted by Crippen LogP contribution is -2.41. The summed E-state index contributed by atoms with van der Waals surface area (Å²) in [6.45, 7) is 6.48. The van der Waals surface area contributed by atoms with Gasteiger partial charge in [0.15, 0.2) is 5.96 Å². The molecule has 2 rings (SSSR count). The first-order valence-electron chi connectivity index (χ1n) is 7.29. The Labute approximate surface area is 143 Å². The lowest BCUT2D eigenvalue weighted by atomic mass is 10.0. The van der Waals surface area contributed by atoms with Crippen molar-refractivity contribution >= 4 is 29.9 Å². The molecule has 1 aromatic rings. The topological polar surface area (TPSA) is 63.5 Å². The van der Waals surface area contributed by atoms with Gasteiger partial charge in [-0.05, 0) is 25.7 Å². The zero-order valence-electron chi connectivity index (χ0n) is 12.8. The number of aliphatic imine (C=N–C) groups is 1. The summed E-state index contributed by atoms with van der Waals surface area (Å²) in [5.41, 5.74) is 0. The number of rotatable bonds is 5. The Morgan fingerprint density at radius 3 is 2.81 bits per heavy atom. The number of halogens is 1. The Morgan fingerprint density at radius 1 is 1.43 bits per heavy atom. The van der Waals surface area contributed by atoms with Crippen molar-refractivity contribution in [3.8, 4) is 0 Å². The molecule has 6 nitrogen and oxygen atoms in total. The molecule has 120 valence electrons. The minimum absolute atomic E-state index is 0. The average Bonchev–Trinajstić information content (AvgIpc) is 2.89. The van der Waals surface area contributed by atoms with Crippen molar-refractivity contribution in [2.45, 2.75) is 26.3 Å². The fourth-order valence-corrected chi connectivity index (χ4v) is 2.35. The third-order valence-electron chi connectivity index (χ3n) is 3.69. The minimum atomic E-state index is 0. The molecule has 0 bridgehead atoms. The number of imidazole rings is 1. The molecule has 1 aromatic heterocycles. The van der Waals surface area contributed by atoms with Crippen LogP contribution < -0.4 is 10.6 Å². The summed E-state index contributed by atoms with van der Waals surface area (Å²) in [5.74, 6) is 2.60. The predicted octanol–water partition coefficient (Wildman–Crippen LogP) is 1.40. The van der Waals surface area contributed by atoms with E-state index in [0.29, 0.717) is 5.92 Å². The number of nitrogens with one attached hydrogen (secondary N) is 2. The van der Waals surface area contributed by atoms with Gasteiger partial charge in [-0.15, -0.1) is 24.0 Å². The lowest BCUT2D eigenvalue weighted by Gasteiger charge is -2.23. The van der Waals surface area contributed by atoms with Crippen LogP contribution in [0, 0.1) is 12.8 Å². The van der Waals surface area contributed by atoms with Crippen molar-refractivity contribution in [2.75, 3.05) is 33.4 Å². The van der Waals surface area contributed by atoms with E-state index in [1.54, 1.807) is 0 Å². The number of aromatic nitrogens is 2. The van der Waals surface area contributed by atoms with Gasteiger partial charge >= 0.3 is 0 Å². The van der Waals surface area contributed by atoms with Crippen LogP contribution in [0.5, 0.6) is 0 Å². The molecule has 0 aromatic carbocycles. The van der Waals surface area contributed by atoms with Gasteiger partial charge < -0.3 is 19.9 Å². The van der Waals surface area contributed by atoms with Gasteiger partial charge in [-0.3, -0.25) is 4.99 Å². The molecule has 0 spiro atoms. The monoisotopic (exact) mass is 407 g/mol. The maximum absolute atomic E-state index is 5.37. The van der Waals surface area contributed by atoms with Gasteiger partial charge in [0, 0.05) is 52.3 Å². The lowest BCUT2D eigenvalue weighted by molar-refractivity contribution is 0.0675. The smallest absolute Gasteiger partial charge is 0.191 e. The van der Waals surface area contributed by atoms with Crippen molar-refractivity contribution < 1.29 is 4.74 Å². The van der Waals surface area contributed by atoms with Crippen molar-refractivity contribution in [1.29, 1.82) is 0 Å². The van der Waals surface area contributed by atoms with Crippen LogP contribution in [-0.2, 0) is 11.3 Å². The van der Waals surface area contributed by atoms with E-state index in [1.807, 2.05) is 26.4 Å². The molecule has 2 heterocycles. The third-order valence-corrected chi connectivity index (χ3v) is 3.69. The largest absolute Gasteiger partial charge is 0.381 e. The minimum Gasteiger partial charge on any atom is -0.381 e. The number of nitrogens with zero attached hydrogens (tertiary/aromatic N) is 3.